The molecule has 0 spiro atoms. The van der Waals surface area contributed by atoms with E-state index >= 15 is 0 Å². The summed E-state index contributed by atoms with van der Waals surface area (Å²) in [4.78, 5) is 11.8. The summed E-state index contributed by atoms with van der Waals surface area (Å²) < 4.78 is 5.20. The smallest absolute Gasteiger partial charge is 0.165 e. The van der Waals surface area contributed by atoms with E-state index in [1.165, 1.54) is 0 Å². The van der Waals surface area contributed by atoms with Gasteiger partial charge in [0.05, 0.1) is 12.8 Å². The first-order chi connectivity index (χ1) is 7.22. The van der Waals surface area contributed by atoms with E-state index in [0.717, 1.165) is 18.7 Å². The third-order valence-corrected chi connectivity index (χ3v) is 2.69. The molecule has 0 bridgehead atoms. The van der Waals surface area contributed by atoms with Gasteiger partial charge in [-0.05, 0) is 12.5 Å². The van der Waals surface area contributed by atoms with E-state index in [1.807, 2.05) is 0 Å². The molecular formula is C11H12ClNO2. The molecule has 1 N–H and O–H groups in total. The second-order valence-electron chi connectivity index (χ2n) is 3.48. The minimum Gasteiger partial charge on any atom is -0.495 e. The van der Waals surface area contributed by atoms with Crippen LogP contribution in [0.25, 0.3) is 0 Å². The number of carbonyl (C=O) groups excluding carboxylic acids is 1. The zero-order valence-corrected chi connectivity index (χ0v) is 9.23. The Balaban J connectivity index is 2.58. The number of Topliss-reactive ketones (excluding diaryl/α,β-unsaturated/α-hetero) is 1. The van der Waals surface area contributed by atoms with E-state index in [9.17, 15) is 4.79 Å². The summed E-state index contributed by atoms with van der Waals surface area (Å²) in [5.74, 6) is 0.753. The molecule has 3 nitrogen and oxygen atoms in total. The Morgan fingerprint density at radius 1 is 1.47 bits per heavy atom. The third kappa shape index (κ3) is 1.92. The highest BCUT2D eigenvalue weighted by molar-refractivity contribution is 6.31. The van der Waals surface area contributed by atoms with Gasteiger partial charge in [-0.15, -0.1) is 0 Å². The maximum atomic E-state index is 11.8. The van der Waals surface area contributed by atoms with Crippen LogP contribution in [0.4, 0.5) is 5.69 Å². The number of carbonyl (C=O) groups is 1. The van der Waals surface area contributed by atoms with Crippen molar-refractivity contribution in [3.05, 3.63) is 22.7 Å². The van der Waals surface area contributed by atoms with Crippen molar-refractivity contribution in [2.45, 2.75) is 12.8 Å². The number of benzene rings is 1. The first kappa shape index (κ1) is 10.3. The third-order valence-electron chi connectivity index (χ3n) is 2.47. The fourth-order valence-corrected chi connectivity index (χ4v) is 1.95. The number of fused-ring (bicyclic) bond motifs is 1. The Kier molecular flexibility index (Phi) is 2.82. The highest BCUT2D eigenvalue weighted by Crippen LogP contribution is 2.34. The molecule has 0 aromatic heterocycles. The lowest BCUT2D eigenvalue weighted by atomic mass is 10.1. The number of hydrogen-bond acceptors (Lipinski definition) is 3. The standard InChI is InChI=1S/C11H12ClNO2/c1-15-10-6-7(12)5-8-9(14)3-2-4-13-11(8)10/h5-6,13H,2-4H2,1H3. The summed E-state index contributed by atoms with van der Waals surface area (Å²) in [6.45, 7) is 0.788. The number of anilines is 1. The summed E-state index contributed by atoms with van der Waals surface area (Å²) in [7, 11) is 1.57. The van der Waals surface area contributed by atoms with Gasteiger partial charge >= 0.3 is 0 Å². The fourth-order valence-electron chi connectivity index (χ4n) is 1.74. The lowest BCUT2D eigenvalue weighted by Crippen LogP contribution is -2.03. The van der Waals surface area contributed by atoms with Gasteiger partial charge in [0.2, 0.25) is 0 Å². The molecule has 0 radical (unpaired) electrons. The Labute approximate surface area is 93.4 Å². The van der Waals surface area contributed by atoms with Crippen LogP contribution in [0, 0.1) is 0 Å². The Morgan fingerprint density at radius 3 is 3.00 bits per heavy atom. The van der Waals surface area contributed by atoms with Crippen molar-refractivity contribution in [1.82, 2.24) is 0 Å². The highest BCUT2D eigenvalue weighted by Gasteiger charge is 2.19. The lowest BCUT2D eigenvalue weighted by Gasteiger charge is -2.12. The van der Waals surface area contributed by atoms with Crippen molar-refractivity contribution in [3.8, 4) is 5.75 Å². The van der Waals surface area contributed by atoms with Crippen LogP contribution in [0.1, 0.15) is 23.2 Å². The van der Waals surface area contributed by atoms with Gasteiger partial charge in [-0.1, -0.05) is 11.6 Å². The molecule has 0 saturated heterocycles. The molecule has 15 heavy (non-hydrogen) atoms. The molecule has 1 aromatic carbocycles. The van der Waals surface area contributed by atoms with E-state index < -0.39 is 0 Å². The van der Waals surface area contributed by atoms with Gasteiger partial charge in [0.15, 0.2) is 5.78 Å². The molecule has 1 aliphatic heterocycles. The maximum absolute atomic E-state index is 11.8. The normalized spacial score (nSPS) is 15.2. The molecule has 0 saturated carbocycles. The van der Waals surface area contributed by atoms with Crippen LogP contribution >= 0.6 is 11.6 Å². The van der Waals surface area contributed by atoms with Crippen LogP contribution in [-0.2, 0) is 0 Å². The first-order valence-electron chi connectivity index (χ1n) is 4.87. The summed E-state index contributed by atoms with van der Waals surface area (Å²) in [6, 6.07) is 3.41. The van der Waals surface area contributed by atoms with Gasteiger partial charge in [-0.2, -0.15) is 0 Å². The van der Waals surface area contributed by atoms with Crippen molar-refractivity contribution < 1.29 is 9.53 Å². The number of nitrogens with one attached hydrogen (secondary N) is 1. The quantitative estimate of drug-likeness (QED) is 0.799. The summed E-state index contributed by atoms with van der Waals surface area (Å²) in [5.41, 5.74) is 1.40. The zero-order valence-electron chi connectivity index (χ0n) is 8.47. The number of ether oxygens (including phenoxy) is 1. The van der Waals surface area contributed by atoms with E-state index in [2.05, 4.69) is 5.32 Å². The molecule has 1 heterocycles. The van der Waals surface area contributed by atoms with Gasteiger partial charge in [-0.25, -0.2) is 0 Å². The van der Waals surface area contributed by atoms with Gasteiger partial charge < -0.3 is 10.1 Å². The largest absolute Gasteiger partial charge is 0.495 e. The molecule has 0 aliphatic carbocycles. The van der Waals surface area contributed by atoms with Crippen LogP contribution < -0.4 is 10.1 Å². The van der Waals surface area contributed by atoms with Gasteiger partial charge in [0.25, 0.3) is 0 Å². The summed E-state index contributed by atoms with van der Waals surface area (Å²) in [6.07, 6.45) is 1.40. The van der Waals surface area contributed by atoms with Crippen molar-refractivity contribution in [3.63, 3.8) is 0 Å². The van der Waals surface area contributed by atoms with E-state index in [1.54, 1.807) is 19.2 Å². The van der Waals surface area contributed by atoms with Crippen LogP contribution in [0.3, 0.4) is 0 Å². The predicted octanol–water partition coefficient (Wildman–Crippen LogP) is 2.74. The fraction of sp³-hybridized carbons (Fsp3) is 0.364. The second-order valence-corrected chi connectivity index (χ2v) is 3.92. The van der Waals surface area contributed by atoms with E-state index in [4.69, 9.17) is 16.3 Å². The maximum Gasteiger partial charge on any atom is 0.165 e. The van der Waals surface area contributed by atoms with Crippen molar-refractivity contribution in [1.29, 1.82) is 0 Å². The van der Waals surface area contributed by atoms with Crippen LogP contribution in [0.2, 0.25) is 5.02 Å². The summed E-state index contributed by atoms with van der Waals surface area (Å²) in [5, 5.41) is 3.73. The van der Waals surface area contributed by atoms with Gasteiger partial charge in [0, 0.05) is 29.6 Å². The summed E-state index contributed by atoms with van der Waals surface area (Å²) >= 11 is 5.92. The van der Waals surface area contributed by atoms with Crippen LogP contribution in [0.5, 0.6) is 5.75 Å². The Hall–Kier alpha value is -1.22. The monoisotopic (exact) mass is 225 g/mol. The molecule has 80 valence electrons. The SMILES string of the molecule is COc1cc(Cl)cc2c1NCCCC2=O. The minimum atomic E-state index is 0.121. The molecule has 0 unspecified atom stereocenters. The van der Waals surface area contributed by atoms with Crippen LogP contribution in [-0.4, -0.2) is 19.4 Å². The number of hydrogen-bond donors (Lipinski definition) is 1. The molecule has 4 heteroatoms. The topological polar surface area (TPSA) is 38.3 Å². The Morgan fingerprint density at radius 2 is 2.27 bits per heavy atom. The van der Waals surface area contributed by atoms with Gasteiger partial charge in [0.1, 0.15) is 5.75 Å². The lowest BCUT2D eigenvalue weighted by molar-refractivity contribution is 0.0983. The molecule has 1 aliphatic rings. The molecule has 0 atom stereocenters. The van der Waals surface area contributed by atoms with Gasteiger partial charge in [-0.3, -0.25) is 4.79 Å². The number of rotatable bonds is 1. The predicted molar refractivity (Wildman–Crippen MR) is 60.1 cm³/mol. The molecule has 0 amide bonds. The average Bonchev–Trinajstić information content (AvgIpc) is 2.40. The Bertz CT molecular complexity index is 404. The molecule has 1 aromatic rings. The van der Waals surface area contributed by atoms with Crippen molar-refractivity contribution in [2.75, 3.05) is 19.0 Å². The minimum absolute atomic E-state index is 0.121. The molecular weight excluding hydrogens is 214 g/mol. The number of ketones is 1. The first-order valence-corrected chi connectivity index (χ1v) is 5.25. The molecule has 0 fully saturated rings. The van der Waals surface area contributed by atoms with E-state index in [-0.39, 0.29) is 5.78 Å². The van der Waals surface area contributed by atoms with Crippen molar-refractivity contribution in [2.24, 2.45) is 0 Å². The highest BCUT2D eigenvalue weighted by atomic mass is 35.5. The zero-order chi connectivity index (χ0) is 10.8. The number of methoxy groups -OCH3 is 1. The second kappa shape index (κ2) is 4.11. The van der Waals surface area contributed by atoms with E-state index in [0.29, 0.717) is 22.8 Å². The van der Waals surface area contributed by atoms with Crippen LogP contribution in [0.15, 0.2) is 12.1 Å². The number of halogens is 1. The molecule has 2 rings (SSSR count). The van der Waals surface area contributed by atoms with Crippen molar-refractivity contribution >= 4 is 23.1 Å². The average molecular weight is 226 g/mol.